The highest BCUT2D eigenvalue weighted by molar-refractivity contribution is 5.78. The summed E-state index contributed by atoms with van der Waals surface area (Å²) in [6.45, 7) is 4.00. The molecule has 0 saturated heterocycles. The SMILES string of the molecule is CCOC(=O)CNCCNC1c2ccccc2-c2ccccc21. The Kier molecular flexibility index (Phi) is 5.05. The summed E-state index contributed by atoms with van der Waals surface area (Å²) in [5.74, 6) is -0.205. The van der Waals surface area contributed by atoms with Crippen molar-refractivity contribution in [3.63, 3.8) is 0 Å². The molecule has 120 valence electrons. The Hall–Kier alpha value is -2.17. The van der Waals surface area contributed by atoms with E-state index in [9.17, 15) is 4.79 Å². The first kappa shape index (κ1) is 15.7. The molecular weight excluding hydrogens is 288 g/mol. The molecule has 1 aliphatic carbocycles. The van der Waals surface area contributed by atoms with Crippen molar-refractivity contribution in [1.82, 2.24) is 10.6 Å². The Labute approximate surface area is 136 Å². The van der Waals surface area contributed by atoms with Crippen LogP contribution in [-0.2, 0) is 9.53 Å². The smallest absolute Gasteiger partial charge is 0.319 e. The van der Waals surface area contributed by atoms with E-state index in [0.29, 0.717) is 6.61 Å². The van der Waals surface area contributed by atoms with Gasteiger partial charge in [0.2, 0.25) is 0 Å². The van der Waals surface area contributed by atoms with E-state index >= 15 is 0 Å². The summed E-state index contributed by atoms with van der Waals surface area (Å²) >= 11 is 0. The van der Waals surface area contributed by atoms with Crippen molar-refractivity contribution in [2.45, 2.75) is 13.0 Å². The average Bonchev–Trinajstić information content (AvgIpc) is 2.89. The third kappa shape index (κ3) is 3.44. The molecule has 0 saturated carbocycles. The van der Waals surface area contributed by atoms with Gasteiger partial charge in [-0.1, -0.05) is 48.5 Å². The fourth-order valence-electron chi connectivity index (χ4n) is 3.08. The quantitative estimate of drug-likeness (QED) is 0.609. The van der Waals surface area contributed by atoms with Gasteiger partial charge in [0.05, 0.1) is 19.2 Å². The van der Waals surface area contributed by atoms with E-state index in [1.54, 1.807) is 0 Å². The van der Waals surface area contributed by atoms with Gasteiger partial charge in [-0.3, -0.25) is 4.79 Å². The summed E-state index contributed by atoms with van der Waals surface area (Å²) in [5, 5.41) is 6.69. The Morgan fingerprint density at radius 2 is 1.61 bits per heavy atom. The van der Waals surface area contributed by atoms with Crippen molar-refractivity contribution in [1.29, 1.82) is 0 Å². The molecular formula is C19H22N2O2. The Morgan fingerprint density at radius 3 is 2.22 bits per heavy atom. The molecule has 3 rings (SSSR count). The predicted octanol–water partition coefficient (Wildman–Crippen LogP) is 2.50. The Bertz CT molecular complexity index is 639. The number of rotatable bonds is 7. The molecule has 2 aromatic carbocycles. The van der Waals surface area contributed by atoms with Crippen LogP contribution in [0.3, 0.4) is 0 Å². The second kappa shape index (κ2) is 7.40. The molecule has 1 aliphatic rings. The van der Waals surface area contributed by atoms with Crippen LogP contribution in [0.5, 0.6) is 0 Å². The molecule has 4 nitrogen and oxygen atoms in total. The molecule has 0 aliphatic heterocycles. The summed E-state index contributed by atoms with van der Waals surface area (Å²) in [7, 11) is 0. The largest absolute Gasteiger partial charge is 0.465 e. The molecule has 4 heteroatoms. The summed E-state index contributed by atoms with van der Waals surface area (Å²) in [5.41, 5.74) is 5.25. The van der Waals surface area contributed by atoms with Gasteiger partial charge in [0.15, 0.2) is 0 Å². The lowest BCUT2D eigenvalue weighted by Gasteiger charge is -2.16. The summed E-state index contributed by atoms with van der Waals surface area (Å²) in [6, 6.07) is 17.3. The lowest BCUT2D eigenvalue weighted by Crippen LogP contribution is -2.33. The fourth-order valence-corrected chi connectivity index (χ4v) is 3.08. The first-order chi connectivity index (χ1) is 11.3. The lowest BCUT2D eigenvalue weighted by atomic mass is 10.1. The van der Waals surface area contributed by atoms with Gasteiger partial charge in [-0.05, 0) is 29.2 Å². The molecule has 0 amide bonds. The first-order valence-corrected chi connectivity index (χ1v) is 8.09. The van der Waals surface area contributed by atoms with Crippen LogP contribution in [0, 0.1) is 0 Å². The standard InChI is InChI=1S/C19H22N2O2/c1-2-23-18(22)13-20-11-12-21-19-16-9-5-3-7-14(16)15-8-4-6-10-17(15)19/h3-10,19-21H,2,11-13H2,1H3. The Balaban J connectivity index is 1.59. The van der Waals surface area contributed by atoms with Crippen LogP contribution >= 0.6 is 0 Å². The molecule has 0 bridgehead atoms. The van der Waals surface area contributed by atoms with E-state index in [4.69, 9.17) is 4.74 Å². The van der Waals surface area contributed by atoms with Crippen molar-refractivity contribution in [3.05, 3.63) is 59.7 Å². The van der Waals surface area contributed by atoms with Crippen LogP contribution in [0.25, 0.3) is 11.1 Å². The van der Waals surface area contributed by atoms with Crippen LogP contribution in [0.15, 0.2) is 48.5 Å². The molecule has 2 aromatic rings. The van der Waals surface area contributed by atoms with E-state index in [1.165, 1.54) is 22.3 Å². The topological polar surface area (TPSA) is 50.4 Å². The zero-order valence-corrected chi connectivity index (χ0v) is 13.3. The highest BCUT2D eigenvalue weighted by Gasteiger charge is 2.27. The molecule has 23 heavy (non-hydrogen) atoms. The third-order valence-corrected chi connectivity index (χ3v) is 4.06. The number of carbonyl (C=O) groups is 1. The Morgan fingerprint density at radius 1 is 1.00 bits per heavy atom. The first-order valence-electron chi connectivity index (χ1n) is 8.09. The number of esters is 1. The maximum atomic E-state index is 11.3. The van der Waals surface area contributed by atoms with Gasteiger partial charge in [-0.15, -0.1) is 0 Å². The highest BCUT2D eigenvalue weighted by atomic mass is 16.5. The fraction of sp³-hybridized carbons (Fsp3) is 0.316. The number of nitrogens with one attached hydrogen (secondary N) is 2. The van der Waals surface area contributed by atoms with Gasteiger partial charge < -0.3 is 15.4 Å². The number of fused-ring (bicyclic) bond motifs is 3. The average molecular weight is 310 g/mol. The van der Waals surface area contributed by atoms with Gasteiger partial charge in [-0.2, -0.15) is 0 Å². The summed E-state index contributed by atoms with van der Waals surface area (Å²) in [6.07, 6.45) is 0. The molecule has 0 radical (unpaired) electrons. The van der Waals surface area contributed by atoms with Gasteiger partial charge >= 0.3 is 5.97 Å². The maximum absolute atomic E-state index is 11.3. The van der Waals surface area contributed by atoms with Crippen molar-refractivity contribution in [2.24, 2.45) is 0 Å². The maximum Gasteiger partial charge on any atom is 0.319 e. The highest BCUT2D eigenvalue weighted by Crippen LogP contribution is 2.42. The van der Waals surface area contributed by atoms with Crippen LogP contribution < -0.4 is 10.6 Å². The minimum Gasteiger partial charge on any atom is -0.465 e. The number of carbonyl (C=O) groups excluding carboxylic acids is 1. The van der Waals surface area contributed by atoms with Crippen LogP contribution in [0.1, 0.15) is 24.1 Å². The lowest BCUT2D eigenvalue weighted by molar-refractivity contribution is -0.141. The van der Waals surface area contributed by atoms with Gasteiger partial charge in [0.1, 0.15) is 0 Å². The zero-order chi connectivity index (χ0) is 16.1. The van der Waals surface area contributed by atoms with E-state index in [1.807, 2.05) is 6.92 Å². The minimum absolute atomic E-state index is 0.205. The second-order valence-corrected chi connectivity index (χ2v) is 5.54. The predicted molar refractivity (Wildman–Crippen MR) is 91.2 cm³/mol. The number of hydrogen-bond acceptors (Lipinski definition) is 4. The van der Waals surface area contributed by atoms with Crippen LogP contribution in [0.2, 0.25) is 0 Å². The monoisotopic (exact) mass is 310 g/mol. The van der Waals surface area contributed by atoms with Crippen molar-refractivity contribution < 1.29 is 9.53 Å². The molecule has 0 spiro atoms. The van der Waals surface area contributed by atoms with E-state index in [0.717, 1.165) is 13.1 Å². The molecule has 0 atom stereocenters. The molecule has 0 fully saturated rings. The van der Waals surface area contributed by atoms with Gasteiger partial charge in [0.25, 0.3) is 0 Å². The second-order valence-electron chi connectivity index (χ2n) is 5.54. The summed E-state index contributed by atoms with van der Waals surface area (Å²) in [4.78, 5) is 11.3. The molecule has 0 heterocycles. The molecule has 2 N–H and O–H groups in total. The van der Waals surface area contributed by atoms with Crippen LogP contribution in [0.4, 0.5) is 0 Å². The van der Waals surface area contributed by atoms with E-state index < -0.39 is 0 Å². The van der Waals surface area contributed by atoms with E-state index in [-0.39, 0.29) is 18.6 Å². The zero-order valence-electron chi connectivity index (χ0n) is 13.3. The van der Waals surface area contributed by atoms with E-state index in [2.05, 4.69) is 59.2 Å². The number of ether oxygens (including phenoxy) is 1. The molecule has 0 aromatic heterocycles. The van der Waals surface area contributed by atoms with Gasteiger partial charge in [-0.25, -0.2) is 0 Å². The van der Waals surface area contributed by atoms with Gasteiger partial charge in [0, 0.05) is 13.1 Å². The third-order valence-electron chi connectivity index (χ3n) is 4.06. The van der Waals surface area contributed by atoms with Crippen LogP contribution in [-0.4, -0.2) is 32.2 Å². The minimum atomic E-state index is -0.205. The number of hydrogen-bond donors (Lipinski definition) is 2. The number of benzene rings is 2. The van der Waals surface area contributed by atoms with Crippen molar-refractivity contribution in [2.75, 3.05) is 26.2 Å². The normalized spacial score (nSPS) is 12.7. The summed E-state index contributed by atoms with van der Waals surface area (Å²) < 4.78 is 4.89. The van der Waals surface area contributed by atoms with Crippen molar-refractivity contribution in [3.8, 4) is 11.1 Å². The molecule has 0 unspecified atom stereocenters. The van der Waals surface area contributed by atoms with Crippen molar-refractivity contribution >= 4 is 5.97 Å².